The molecule has 4 rings (SSSR count). The highest BCUT2D eigenvalue weighted by atomic mass is 35.5. The molecule has 1 amide bonds. The minimum Gasteiger partial charge on any atom is -0.497 e. The van der Waals surface area contributed by atoms with Crippen molar-refractivity contribution in [2.45, 2.75) is 6.54 Å². The summed E-state index contributed by atoms with van der Waals surface area (Å²) < 4.78 is 5.21. The molecule has 2 aromatic carbocycles. The maximum Gasteiger partial charge on any atom is 0.259 e. The second kappa shape index (κ2) is 5.25. The van der Waals surface area contributed by atoms with Crippen LogP contribution in [0, 0.1) is 0 Å². The molecule has 0 unspecified atom stereocenters. The number of hydrogen-bond donors (Lipinski definition) is 0. The molecule has 1 aliphatic heterocycles. The molecule has 4 nitrogen and oxygen atoms in total. The highest BCUT2D eigenvalue weighted by Gasteiger charge is 2.29. The number of carbonyl (C=O) groups excluding carboxylic acids is 1. The number of nitrogens with zero attached hydrogens (tertiary/aromatic N) is 2. The van der Waals surface area contributed by atoms with Gasteiger partial charge in [0.25, 0.3) is 5.91 Å². The standard InChI is InChI=1S/C18H13ClN2O2/c1-23-13-4-2-11-10-21(18(22)14(11)9-13)12-3-5-17-15(8-12)16(19)6-7-20-17/h2-9H,10H2,1H3. The summed E-state index contributed by atoms with van der Waals surface area (Å²) in [6.07, 6.45) is 1.67. The van der Waals surface area contributed by atoms with Gasteiger partial charge in [0.05, 0.1) is 24.2 Å². The Kier molecular flexibility index (Phi) is 3.20. The van der Waals surface area contributed by atoms with Crippen LogP contribution in [0.15, 0.2) is 48.7 Å². The molecule has 0 radical (unpaired) electrons. The SMILES string of the molecule is COc1ccc2c(c1)C(=O)N(c1ccc3nccc(Cl)c3c1)C2. The molecule has 1 aliphatic rings. The van der Waals surface area contributed by atoms with E-state index in [0.29, 0.717) is 22.9 Å². The number of amides is 1. The van der Waals surface area contributed by atoms with Crippen molar-refractivity contribution < 1.29 is 9.53 Å². The number of fused-ring (bicyclic) bond motifs is 2. The smallest absolute Gasteiger partial charge is 0.259 e. The number of pyridine rings is 1. The minimum atomic E-state index is -0.0294. The van der Waals surface area contributed by atoms with E-state index in [-0.39, 0.29) is 5.91 Å². The lowest BCUT2D eigenvalue weighted by Crippen LogP contribution is -2.22. The van der Waals surface area contributed by atoms with Gasteiger partial charge in [-0.3, -0.25) is 9.78 Å². The molecule has 0 fully saturated rings. The number of hydrogen-bond acceptors (Lipinski definition) is 3. The number of ether oxygens (including phenoxy) is 1. The number of benzene rings is 2. The second-order valence-electron chi connectivity index (χ2n) is 5.41. The van der Waals surface area contributed by atoms with E-state index in [1.807, 2.05) is 30.3 Å². The summed E-state index contributed by atoms with van der Waals surface area (Å²) in [6.45, 7) is 0.543. The van der Waals surface area contributed by atoms with E-state index >= 15 is 0 Å². The van der Waals surface area contributed by atoms with Gasteiger partial charge < -0.3 is 9.64 Å². The molecular weight excluding hydrogens is 312 g/mol. The fourth-order valence-corrected chi connectivity index (χ4v) is 3.09. The summed E-state index contributed by atoms with van der Waals surface area (Å²) in [5.74, 6) is 0.656. The van der Waals surface area contributed by atoms with Crippen molar-refractivity contribution in [1.29, 1.82) is 0 Å². The van der Waals surface area contributed by atoms with Gasteiger partial charge in [0.15, 0.2) is 0 Å². The van der Waals surface area contributed by atoms with Crippen LogP contribution in [0.3, 0.4) is 0 Å². The van der Waals surface area contributed by atoms with Crippen molar-refractivity contribution in [3.05, 3.63) is 64.8 Å². The third-order valence-electron chi connectivity index (χ3n) is 4.10. The van der Waals surface area contributed by atoms with Crippen LogP contribution in [0.5, 0.6) is 5.75 Å². The topological polar surface area (TPSA) is 42.4 Å². The quantitative estimate of drug-likeness (QED) is 0.714. The molecule has 0 atom stereocenters. The van der Waals surface area contributed by atoms with Gasteiger partial charge in [-0.05, 0) is 42.0 Å². The normalized spacial score (nSPS) is 13.5. The zero-order valence-electron chi connectivity index (χ0n) is 12.4. The predicted molar refractivity (Wildman–Crippen MR) is 90.3 cm³/mol. The first-order valence-corrected chi connectivity index (χ1v) is 7.58. The number of carbonyl (C=O) groups is 1. The predicted octanol–water partition coefficient (Wildman–Crippen LogP) is 4.06. The maximum atomic E-state index is 12.7. The van der Waals surface area contributed by atoms with Crippen molar-refractivity contribution in [3.8, 4) is 5.75 Å². The van der Waals surface area contributed by atoms with E-state index < -0.39 is 0 Å². The van der Waals surface area contributed by atoms with Crippen LogP contribution in [0.2, 0.25) is 5.02 Å². The minimum absolute atomic E-state index is 0.0294. The van der Waals surface area contributed by atoms with E-state index in [9.17, 15) is 4.79 Å². The second-order valence-corrected chi connectivity index (χ2v) is 5.82. The molecule has 1 aromatic heterocycles. The molecule has 3 aromatic rings. The van der Waals surface area contributed by atoms with Crippen molar-refractivity contribution in [2.24, 2.45) is 0 Å². The van der Waals surface area contributed by atoms with Crippen LogP contribution >= 0.6 is 11.6 Å². The number of anilines is 1. The third kappa shape index (κ3) is 2.23. The van der Waals surface area contributed by atoms with E-state index in [1.165, 1.54) is 0 Å². The molecule has 5 heteroatoms. The molecule has 114 valence electrons. The first-order valence-electron chi connectivity index (χ1n) is 7.20. The van der Waals surface area contributed by atoms with E-state index in [4.69, 9.17) is 16.3 Å². The summed E-state index contributed by atoms with van der Waals surface area (Å²) in [5.41, 5.74) is 3.30. The van der Waals surface area contributed by atoms with Gasteiger partial charge in [-0.1, -0.05) is 17.7 Å². The molecular formula is C18H13ClN2O2. The Labute approximate surface area is 138 Å². The molecule has 0 N–H and O–H groups in total. The summed E-state index contributed by atoms with van der Waals surface area (Å²) in [7, 11) is 1.59. The first kappa shape index (κ1) is 14.0. The molecule has 23 heavy (non-hydrogen) atoms. The molecule has 0 aliphatic carbocycles. The highest BCUT2D eigenvalue weighted by molar-refractivity contribution is 6.35. The van der Waals surface area contributed by atoms with Gasteiger partial charge in [0.2, 0.25) is 0 Å². The Bertz CT molecular complexity index is 939. The summed E-state index contributed by atoms with van der Waals surface area (Å²) in [5, 5.41) is 1.47. The Morgan fingerprint density at radius 2 is 2.04 bits per heavy atom. The summed E-state index contributed by atoms with van der Waals surface area (Å²) in [4.78, 5) is 18.7. The van der Waals surface area contributed by atoms with Crippen LogP contribution in [0.4, 0.5) is 5.69 Å². The number of rotatable bonds is 2. The first-order chi connectivity index (χ1) is 11.2. The molecule has 0 saturated heterocycles. The van der Waals surface area contributed by atoms with Gasteiger partial charge in [-0.25, -0.2) is 0 Å². The lowest BCUT2D eigenvalue weighted by atomic mass is 10.1. The molecule has 0 spiro atoms. The van der Waals surface area contributed by atoms with Crippen molar-refractivity contribution in [1.82, 2.24) is 4.98 Å². The summed E-state index contributed by atoms with van der Waals surface area (Å²) in [6, 6.07) is 13.0. The largest absolute Gasteiger partial charge is 0.497 e. The van der Waals surface area contributed by atoms with Gasteiger partial charge in [0, 0.05) is 22.8 Å². The lowest BCUT2D eigenvalue weighted by molar-refractivity contribution is 0.0996. The van der Waals surface area contributed by atoms with E-state index in [2.05, 4.69) is 4.98 Å². The summed E-state index contributed by atoms with van der Waals surface area (Å²) >= 11 is 6.24. The van der Waals surface area contributed by atoms with Crippen molar-refractivity contribution in [3.63, 3.8) is 0 Å². The van der Waals surface area contributed by atoms with Crippen LogP contribution in [-0.2, 0) is 6.54 Å². The Hall–Kier alpha value is -2.59. The Balaban J connectivity index is 1.77. The zero-order chi connectivity index (χ0) is 16.0. The van der Waals surface area contributed by atoms with Crippen LogP contribution < -0.4 is 9.64 Å². The monoisotopic (exact) mass is 324 g/mol. The Morgan fingerprint density at radius 3 is 2.87 bits per heavy atom. The van der Waals surface area contributed by atoms with E-state index in [0.717, 1.165) is 22.2 Å². The fraction of sp³-hybridized carbons (Fsp3) is 0.111. The van der Waals surface area contributed by atoms with Crippen molar-refractivity contribution in [2.75, 3.05) is 12.0 Å². The number of halogens is 1. The van der Waals surface area contributed by atoms with Gasteiger partial charge in [-0.2, -0.15) is 0 Å². The van der Waals surface area contributed by atoms with Gasteiger partial charge in [-0.15, -0.1) is 0 Å². The third-order valence-corrected chi connectivity index (χ3v) is 4.43. The molecule has 0 bridgehead atoms. The average Bonchev–Trinajstić information content (AvgIpc) is 2.91. The Morgan fingerprint density at radius 1 is 1.17 bits per heavy atom. The fourth-order valence-electron chi connectivity index (χ4n) is 2.88. The number of aromatic nitrogens is 1. The van der Waals surface area contributed by atoms with E-state index in [1.54, 1.807) is 30.3 Å². The molecule has 2 heterocycles. The average molecular weight is 325 g/mol. The van der Waals surface area contributed by atoms with Gasteiger partial charge in [0.1, 0.15) is 5.75 Å². The molecule has 0 saturated carbocycles. The maximum absolute atomic E-state index is 12.7. The highest BCUT2D eigenvalue weighted by Crippen LogP contribution is 2.33. The number of methoxy groups -OCH3 is 1. The zero-order valence-corrected chi connectivity index (χ0v) is 13.2. The van der Waals surface area contributed by atoms with Crippen LogP contribution in [0.25, 0.3) is 10.9 Å². The van der Waals surface area contributed by atoms with Crippen LogP contribution in [-0.4, -0.2) is 18.0 Å². The van der Waals surface area contributed by atoms with Crippen molar-refractivity contribution >= 4 is 34.1 Å². The van der Waals surface area contributed by atoms with Crippen LogP contribution in [0.1, 0.15) is 15.9 Å². The van der Waals surface area contributed by atoms with Gasteiger partial charge >= 0.3 is 0 Å². The lowest BCUT2D eigenvalue weighted by Gasteiger charge is -2.16.